The van der Waals surface area contributed by atoms with Crippen LogP contribution >= 0.6 is 15.9 Å². The summed E-state index contributed by atoms with van der Waals surface area (Å²) >= 11 is 3.65. The molecular formula is C14H24BrN3. The van der Waals surface area contributed by atoms with Crippen LogP contribution in [0.25, 0.3) is 0 Å². The van der Waals surface area contributed by atoms with Crippen LogP contribution in [0.15, 0.2) is 4.47 Å². The van der Waals surface area contributed by atoms with Gasteiger partial charge in [0.05, 0.1) is 15.9 Å². The molecule has 1 aromatic heterocycles. The van der Waals surface area contributed by atoms with Gasteiger partial charge in [-0.1, -0.05) is 13.3 Å². The van der Waals surface area contributed by atoms with Crippen molar-refractivity contribution in [2.75, 3.05) is 6.54 Å². The minimum atomic E-state index is 0.618. The molecular weight excluding hydrogens is 290 g/mol. The van der Waals surface area contributed by atoms with Crippen molar-refractivity contribution < 1.29 is 0 Å². The minimum absolute atomic E-state index is 0.618. The van der Waals surface area contributed by atoms with Crippen LogP contribution in [-0.4, -0.2) is 16.3 Å². The van der Waals surface area contributed by atoms with Crippen molar-refractivity contribution in [2.24, 2.45) is 5.41 Å². The largest absolute Gasteiger partial charge is 0.311 e. The number of rotatable bonds is 7. The number of aryl methyl sites for hydroxylation is 2. The summed E-state index contributed by atoms with van der Waals surface area (Å²) in [5, 5.41) is 8.15. The van der Waals surface area contributed by atoms with Gasteiger partial charge in [0.15, 0.2) is 0 Å². The number of nitrogens with zero attached hydrogens (tertiary/aromatic N) is 2. The highest BCUT2D eigenvalue weighted by atomic mass is 79.9. The van der Waals surface area contributed by atoms with Gasteiger partial charge >= 0.3 is 0 Å². The van der Waals surface area contributed by atoms with Crippen molar-refractivity contribution in [3.05, 3.63) is 15.9 Å². The fraction of sp³-hybridized carbons (Fsp3) is 0.786. The summed E-state index contributed by atoms with van der Waals surface area (Å²) in [7, 11) is 0. The van der Waals surface area contributed by atoms with Crippen molar-refractivity contribution in [3.8, 4) is 0 Å². The summed E-state index contributed by atoms with van der Waals surface area (Å²) in [6, 6.07) is 0. The second-order valence-electron chi connectivity index (χ2n) is 5.52. The third kappa shape index (κ3) is 2.97. The molecule has 0 spiro atoms. The predicted molar refractivity (Wildman–Crippen MR) is 78.6 cm³/mol. The standard InChI is InChI=1S/C14H24BrN3/c1-4-6-14(7-8-14)10-16-9-12-13(15)11(3)17-18(12)5-2/h16H,4-10H2,1-3H3. The Labute approximate surface area is 118 Å². The van der Waals surface area contributed by atoms with E-state index in [0.29, 0.717) is 5.41 Å². The number of hydrogen-bond donors (Lipinski definition) is 1. The zero-order valence-electron chi connectivity index (χ0n) is 11.7. The third-order valence-electron chi connectivity index (χ3n) is 3.98. The number of hydrogen-bond acceptors (Lipinski definition) is 2. The van der Waals surface area contributed by atoms with Crippen LogP contribution in [-0.2, 0) is 13.1 Å². The lowest BCUT2D eigenvalue weighted by Gasteiger charge is -2.15. The maximum atomic E-state index is 4.53. The summed E-state index contributed by atoms with van der Waals surface area (Å²) in [5.74, 6) is 0. The Morgan fingerprint density at radius 1 is 1.39 bits per heavy atom. The van der Waals surface area contributed by atoms with Gasteiger partial charge in [0, 0.05) is 19.6 Å². The minimum Gasteiger partial charge on any atom is -0.311 e. The molecule has 1 fully saturated rings. The van der Waals surface area contributed by atoms with Crippen molar-refractivity contribution in [1.82, 2.24) is 15.1 Å². The monoisotopic (exact) mass is 313 g/mol. The molecule has 4 heteroatoms. The predicted octanol–water partition coefficient (Wildman–Crippen LogP) is 3.64. The molecule has 0 aliphatic heterocycles. The highest BCUT2D eigenvalue weighted by Gasteiger charge is 2.40. The summed E-state index contributed by atoms with van der Waals surface area (Å²) in [4.78, 5) is 0. The first kappa shape index (κ1) is 14.1. The number of halogens is 1. The molecule has 2 rings (SSSR count). The first-order chi connectivity index (χ1) is 8.62. The second kappa shape index (κ2) is 5.74. The Bertz CT molecular complexity index is 407. The maximum Gasteiger partial charge on any atom is 0.0739 e. The van der Waals surface area contributed by atoms with Crippen molar-refractivity contribution >= 4 is 15.9 Å². The van der Waals surface area contributed by atoms with Gasteiger partial charge in [-0.05, 0) is 54.5 Å². The molecule has 18 heavy (non-hydrogen) atoms. The fourth-order valence-electron chi connectivity index (χ4n) is 2.71. The zero-order chi connectivity index (χ0) is 13.2. The van der Waals surface area contributed by atoms with E-state index < -0.39 is 0 Å². The van der Waals surface area contributed by atoms with Crippen LogP contribution in [0.2, 0.25) is 0 Å². The van der Waals surface area contributed by atoms with Crippen LogP contribution in [0.4, 0.5) is 0 Å². The molecule has 0 amide bonds. The van der Waals surface area contributed by atoms with Gasteiger partial charge in [0.25, 0.3) is 0 Å². The van der Waals surface area contributed by atoms with E-state index in [4.69, 9.17) is 0 Å². The van der Waals surface area contributed by atoms with E-state index in [9.17, 15) is 0 Å². The molecule has 3 nitrogen and oxygen atoms in total. The van der Waals surface area contributed by atoms with E-state index in [-0.39, 0.29) is 0 Å². The van der Waals surface area contributed by atoms with Gasteiger partial charge in [0.1, 0.15) is 0 Å². The number of aromatic nitrogens is 2. The molecule has 1 aliphatic rings. The first-order valence-corrected chi connectivity index (χ1v) is 7.83. The molecule has 0 bridgehead atoms. The summed E-state index contributed by atoms with van der Waals surface area (Å²) in [6.45, 7) is 9.48. The van der Waals surface area contributed by atoms with E-state index in [1.54, 1.807) is 0 Å². The smallest absolute Gasteiger partial charge is 0.0739 e. The molecule has 0 aromatic carbocycles. The average molecular weight is 314 g/mol. The van der Waals surface area contributed by atoms with E-state index in [1.807, 2.05) is 0 Å². The second-order valence-corrected chi connectivity index (χ2v) is 6.31. The van der Waals surface area contributed by atoms with E-state index in [2.05, 4.69) is 51.8 Å². The molecule has 1 aromatic rings. The summed E-state index contributed by atoms with van der Waals surface area (Å²) in [5.41, 5.74) is 2.98. The van der Waals surface area contributed by atoms with E-state index in [1.165, 1.54) is 31.4 Å². The Morgan fingerprint density at radius 2 is 2.11 bits per heavy atom. The van der Waals surface area contributed by atoms with Gasteiger partial charge in [-0.2, -0.15) is 5.10 Å². The Kier molecular flexibility index (Phi) is 4.49. The molecule has 1 heterocycles. The molecule has 0 atom stereocenters. The van der Waals surface area contributed by atoms with Crippen molar-refractivity contribution in [1.29, 1.82) is 0 Å². The van der Waals surface area contributed by atoms with Crippen LogP contribution in [0, 0.1) is 12.3 Å². The topological polar surface area (TPSA) is 29.9 Å². The van der Waals surface area contributed by atoms with Crippen LogP contribution in [0.3, 0.4) is 0 Å². The summed E-state index contributed by atoms with van der Waals surface area (Å²) < 4.78 is 3.25. The highest BCUT2D eigenvalue weighted by Crippen LogP contribution is 2.48. The normalized spacial score (nSPS) is 17.1. The third-order valence-corrected chi connectivity index (χ3v) is 5.01. The summed E-state index contributed by atoms with van der Waals surface area (Å²) in [6.07, 6.45) is 5.48. The van der Waals surface area contributed by atoms with Gasteiger partial charge in [0.2, 0.25) is 0 Å². The molecule has 0 saturated heterocycles. The molecule has 102 valence electrons. The SMILES string of the molecule is CCCC1(CNCc2c(Br)c(C)nn2CC)CC1. The van der Waals surface area contributed by atoms with Crippen molar-refractivity contribution in [2.45, 2.75) is 59.5 Å². The Morgan fingerprint density at radius 3 is 2.67 bits per heavy atom. The van der Waals surface area contributed by atoms with E-state index >= 15 is 0 Å². The molecule has 1 saturated carbocycles. The maximum absolute atomic E-state index is 4.53. The zero-order valence-corrected chi connectivity index (χ0v) is 13.3. The number of nitrogens with one attached hydrogen (secondary N) is 1. The molecule has 0 unspecified atom stereocenters. The highest BCUT2D eigenvalue weighted by molar-refractivity contribution is 9.10. The Hall–Kier alpha value is -0.350. The lowest BCUT2D eigenvalue weighted by molar-refractivity contribution is 0.415. The van der Waals surface area contributed by atoms with Gasteiger partial charge < -0.3 is 5.32 Å². The first-order valence-electron chi connectivity index (χ1n) is 7.04. The van der Waals surface area contributed by atoms with Gasteiger partial charge in [-0.15, -0.1) is 0 Å². The van der Waals surface area contributed by atoms with Gasteiger partial charge in [-0.25, -0.2) is 0 Å². The lowest BCUT2D eigenvalue weighted by Crippen LogP contribution is -2.25. The fourth-order valence-corrected chi connectivity index (χ4v) is 3.13. The molecule has 0 radical (unpaired) electrons. The van der Waals surface area contributed by atoms with Crippen LogP contribution in [0.1, 0.15) is 50.9 Å². The lowest BCUT2D eigenvalue weighted by atomic mass is 10.0. The molecule has 1 N–H and O–H groups in total. The molecule has 1 aliphatic carbocycles. The van der Waals surface area contributed by atoms with Crippen molar-refractivity contribution in [3.63, 3.8) is 0 Å². The average Bonchev–Trinajstić information content (AvgIpc) is 3.06. The van der Waals surface area contributed by atoms with Gasteiger partial charge in [-0.3, -0.25) is 4.68 Å². The Balaban J connectivity index is 1.90. The van der Waals surface area contributed by atoms with Crippen LogP contribution in [0.5, 0.6) is 0 Å². The quantitative estimate of drug-likeness (QED) is 0.832. The van der Waals surface area contributed by atoms with E-state index in [0.717, 1.165) is 29.8 Å². The van der Waals surface area contributed by atoms with Crippen LogP contribution < -0.4 is 5.32 Å².